The Morgan fingerprint density at radius 1 is 1.38 bits per heavy atom. The second kappa shape index (κ2) is 5.13. The highest BCUT2D eigenvalue weighted by Gasteiger charge is 2.02. The van der Waals surface area contributed by atoms with Gasteiger partial charge < -0.3 is 4.74 Å². The van der Waals surface area contributed by atoms with Crippen molar-refractivity contribution in [3.8, 4) is 5.75 Å². The summed E-state index contributed by atoms with van der Waals surface area (Å²) in [5, 5.41) is 0. The number of halogens is 2. The van der Waals surface area contributed by atoms with Crippen LogP contribution in [0.15, 0.2) is 27.6 Å². The van der Waals surface area contributed by atoms with Crippen LogP contribution in [0.2, 0.25) is 0 Å². The standard InChI is InChI=1S/C9H10BrClOS/c1-6(2)12-8-3-7(10)4-9(5-8)13-11/h3-6H,1-2H3. The summed E-state index contributed by atoms with van der Waals surface area (Å²) in [5.41, 5.74) is 0. The van der Waals surface area contributed by atoms with E-state index in [9.17, 15) is 0 Å². The molecule has 0 saturated heterocycles. The zero-order valence-electron chi connectivity index (χ0n) is 7.38. The summed E-state index contributed by atoms with van der Waals surface area (Å²) in [5.74, 6) is 0.840. The lowest BCUT2D eigenvalue weighted by atomic mass is 10.3. The van der Waals surface area contributed by atoms with Crippen LogP contribution in [0.3, 0.4) is 0 Å². The van der Waals surface area contributed by atoms with Gasteiger partial charge in [0.1, 0.15) is 5.75 Å². The molecule has 0 fully saturated rings. The molecule has 0 aliphatic heterocycles. The molecule has 1 aromatic rings. The Kier molecular flexibility index (Phi) is 4.42. The Labute approximate surface area is 95.4 Å². The molecule has 0 spiro atoms. The first-order chi connectivity index (χ1) is 6.11. The molecule has 0 atom stereocenters. The van der Waals surface area contributed by atoms with Gasteiger partial charge in [0.05, 0.1) is 6.10 Å². The van der Waals surface area contributed by atoms with Crippen molar-refractivity contribution in [2.75, 3.05) is 0 Å². The van der Waals surface area contributed by atoms with E-state index in [1.165, 1.54) is 11.0 Å². The van der Waals surface area contributed by atoms with E-state index >= 15 is 0 Å². The minimum Gasteiger partial charge on any atom is -0.491 e. The van der Waals surface area contributed by atoms with Gasteiger partial charge in [0.2, 0.25) is 0 Å². The summed E-state index contributed by atoms with van der Waals surface area (Å²) in [7, 11) is 6.83. The average Bonchev–Trinajstić information content (AvgIpc) is 2.01. The predicted molar refractivity (Wildman–Crippen MR) is 61.6 cm³/mol. The fourth-order valence-electron chi connectivity index (χ4n) is 0.922. The van der Waals surface area contributed by atoms with E-state index in [0.29, 0.717) is 0 Å². The van der Waals surface area contributed by atoms with Gasteiger partial charge >= 0.3 is 0 Å². The second-order valence-corrected chi connectivity index (χ2v) is 4.87. The summed E-state index contributed by atoms with van der Waals surface area (Å²) in [6.07, 6.45) is 0.183. The van der Waals surface area contributed by atoms with Gasteiger partial charge in [0.15, 0.2) is 0 Å². The van der Waals surface area contributed by atoms with Crippen molar-refractivity contribution < 1.29 is 4.74 Å². The van der Waals surface area contributed by atoms with E-state index in [4.69, 9.17) is 15.4 Å². The number of benzene rings is 1. The molecule has 0 saturated carbocycles. The molecular weight excluding hydrogens is 272 g/mol. The Morgan fingerprint density at radius 2 is 2.08 bits per heavy atom. The first-order valence-electron chi connectivity index (χ1n) is 3.87. The van der Waals surface area contributed by atoms with Crippen LogP contribution < -0.4 is 4.74 Å². The lowest BCUT2D eigenvalue weighted by Gasteiger charge is -2.10. The summed E-state index contributed by atoms with van der Waals surface area (Å²) in [4.78, 5) is 0.978. The Balaban J connectivity index is 2.88. The quantitative estimate of drug-likeness (QED) is 0.808. The van der Waals surface area contributed by atoms with Crippen LogP contribution in [0.4, 0.5) is 0 Å². The SMILES string of the molecule is CC(C)Oc1cc(Br)cc(SCl)c1. The van der Waals surface area contributed by atoms with Crippen molar-refractivity contribution in [3.63, 3.8) is 0 Å². The van der Waals surface area contributed by atoms with Crippen LogP contribution in [0.25, 0.3) is 0 Å². The highest BCUT2D eigenvalue weighted by atomic mass is 79.9. The van der Waals surface area contributed by atoms with Crippen molar-refractivity contribution in [2.24, 2.45) is 0 Å². The monoisotopic (exact) mass is 280 g/mol. The molecule has 0 aromatic heterocycles. The van der Waals surface area contributed by atoms with Crippen molar-refractivity contribution in [2.45, 2.75) is 24.8 Å². The van der Waals surface area contributed by atoms with Gasteiger partial charge in [-0.2, -0.15) is 0 Å². The second-order valence-electron chi connectivity index (χ2n) is 2.87. The fraction of sp³-hybridized carbons (Fsp3) is 0.333. The highest BCUT2D eigenvalue weighted by molar-refractivity contribution is 9.10. The molecule has 0 unspecified atom stereocenters. The molecule has 0 amide bonds. The third-order valence-electron chi connectivity index (χ3n) is 1.31. The largest absolute Gasteiger partial charge is 0.491 e. The van der Waals surface area contributed by atoms with E-state index in [1.807, 2.05) is 32.0 Å². The van der Waals surface area contributed by atoms with Crippen LogP contribution in [0.1, 0.15) is 13.8 Å². The maximum atomic E-state index is 5.65. The molecule has 0 radical (unpaired) electrons. The molecule has 1 rings (SSSR count). The fourth-order valence-corrected chi connectivity index (χ4v) is 2.15. The van der Waals surface area contributed by atoms with Gasteiger partial charge in [-0.15, -0.1) is 0 Å². The van der Waals surface area contributed by atoms with Gasteiger partial charge in [0.25, 0.3) is 0 Å². The highest BCUT2D eigenvalue weighted by Crippen LogP contribution is 2.30. The molecule has 4 heteroatoms. The van der Waals surface area contributed by atoms with E-state index in [0.717, 1.165) is 15.1 Å². The number of hydrogen-bond acceptors (Lipinski definition) is 2. The van der Waals surface area contributed by atoms with Gasteiger partial charge in [-0.3, -0.25) is 0 Å². The van der Waals surface area contributed by atoms with Crippen LogP contribution in [0, 0.1) is 0 Å². The van der Waals surface area contributed by atoms with E-state index in [1.54, 1.807) is 0 Å². The van der Waals surface area contributed by atoms with Crippen LogP contribution in [-0.2, 0) is 0 Å². The van der Waals surface area contributed by atoms with E-state index in [2.05, 4.69) is 15.9 Å². The molecule has 0 aliphatic rings. The molecule has 1 nitrogen and oxygen atoms in total. The normalized spacial score (nSPS) is 10.5. The molecule has 0 heterocycles. The molecule has 13 heavy (non-hydrogen) atoms. The topological polar surface area (TPSA) is 9.23 Å². The van der Waals surface area contributed by atoms with Crippen LogP contribution >= 0.6 is 37.6 Å². The van der Waals surface area contributed by atoms with Crippen molar-refractivity contribution in [3.05, 3.63) is 22.7 Å². The first kappa shape index (κ1) is 11.2. The number of hydrogen-bond donors (Lipinski definition) is 0. The average molecular weight is 282 g/mol. The maximum Gasteiger partial charge on any atom is 0.121 e. The van der Waals surface area contributed by atoms with E-state index < -0.39 is 0 Å². The van der Waals surface area contributed by atoms with Crippen molar-refractivity contribution in [1.29, 1.82) is 0 Å². The summed E-state index contributed by atoms with van der Waals surface area (Å²) in [6.45, 7) is 3.99. The Bertz CT molecular complexity index is 291. The van der Waals surface area contributed by atoms with Gasteiger partial charge in [-0.05, 0) is 53.7 Å². The summed E-state index contributed by atoms with van der Waals surface area (Å²) >= 11 is 3.39. The van der Waals surface area contributed by atoms with Crippen molar-refractivity contribution in [1.82, 2.24) is 0 Å². The Hall–Kier alpha value is 0.140. The minimum absolute atomic E-state index is 0.183. The predicted octanol–water partition coefficient (Wildman–Crippen LogP) is 4.48. The zero-order valence-corrected chi connectivity index (χ0v) is 10.5. The van der Waals surface area contributed by atoms with Gasteiger partial charge in [-0.25, -0.2) is 0 Å². The number of rotatable bonds is 3. The summed E-state index contributed by atoms with van der Waals surface area (Å²) in [6, 6.07) is 5.80. The van der Waals surface area contributed by atoms with Crippen LogP contribution in [-0.4, -0.2) is 6.10 Å². The van der Waals surface area contributed by atoms with Gasteiger partial charge in [-0.1, -0.05) is 15.9 Å². The van der Waals surface area contributed by atoms with Crippen molar-refractivity contribution >= 4 is 37.6 Å². The van der Waals surface area contributed by atoms with Gasteiger partial charge in [0, 0.05) is 9.37 Å². The maximum absolute atomic E-state index is 5.65. The molecule has 72 valence electrons. The lowest BCUT2D eigenvalue weighted by molar-refractivity contribution is 0.241. The van der Waals surface area contributed by atoms with Crippen LogP contribution in [0.5, 0.6) is 5.75 Å². The third kappa shape index (κ3) is 3.79. The minimum atomic E-state index is 0.183. The number of ether oxygens (including phenoxy) is 1. The molecule has 0 bridgehead atoms. The zero-order chi connectivity index (χ0) is 9.84. The molecule has 1 aromatic carbocycles. The summed E-state index contributed by atoms with van der Waals surface area (Å²) < 4.78 is 6.52. The van der Waals surface area contributed by atoms with E-state index in [-0.39, 0.29) is 6.10 Å². The molecule has 0 aliphatic carbocycles. The molecular formula is C9H10BrClOS. The lowest BCUT2D eigenvalue weighted by Crippen LogP contribution is -2.05. The molecule has 0 N–H and O–H groups in total. The Morgan fingerprint density at radius 3 is 2.62 bits per heavy atom. The smallest absolute Gasteiger partial charge is 0.121 e. The third-order valence-corrected chi connectivity index (χ3v) is 2.71. The first-order valence-corrected chi connectivity index (χ1v) is 6.31.